The number of hydrogen-bond acceptors (Lipinski definition) is 5. The summed E-state index contributed by atoms with van der Waals surface area (Å²) in [5.41, 5.74) is 1.97. The number of imide groups is 1. The summed E-state index contributed by atoms with van der Waals surface area (Å²) in [7, 11) is 0. The lowest BCUT2D eigenvalue weighted by molar-refractivity contribution is -0.136. The standard InChI is InChI=1S/C21H16FN3O4/c22-14-7-15-16(10-25(21(15)28)17-5-6-19(26)24-20(17)27)18(8-14)29-11-13-3-1-12(9-23)2-4-13/h1-4,7-8,17H,5-6,10-11H2,(H,24,26,27). The van der Waals surface area contributed by atoms with E-state index in [9.17, 15) is 18.8 Å². The number of halogens is 1. The van der Waals surface area contributed by atoms with E-state index in [1.54, 1.807) is 24.3 Å². The first-order valence-corrected chi connectivity index (χ1v) is 9.05. The van der Waals surface area contributed by atoms with Gasteiger partial charge in [0.05, 0.1) is 23.7 Å². The third-order valence-electron chi connectivity index (χ3n) is 5.06. The van der Waals surface area contributed by atoms with Crippen LogP contribution < -0.4 is 10.1 Å². The first kappa shape index (κ1) is 18.6. The van der Waals surface area contributed by atoms with Gasteiger partial charge in [0.25, 0.3) is 5.91 Å². The van der Waals surface area contributed by atoms with Gasteiger partial charge in [0.1, 0.15) is 24.2 Å². The molecule has 29 heavy (non-hydrogen) atoms. The number of hydrogen-bond donors (Lipinski definition) is 1. The van der Waals surface area contributed by atoms with Crippen LogP contribution in [-0.4, -0.2) is 28.7 Å². The molecule has 8 heteroatoms. The van der Waals surface area contributed by atoms with E-state index in [-0.39, 0.29) is 43.2 Å². The van der Waals surface area contributed by atoms with Crippen LogP contribution in [0.4, 0.5) is 4.39 Å². The van der Waals surface area contributed by atoms with Gasteiger partial charge in [0, 0.05) is 18.1 Å². The Morgan fingerprint density at radius 2 is 1.97 bits per heavy atom. The van der Waals surface area contributed by atoms with Gasteiger partial charge in [0.2, 0.25) is 11.8 Å². The van der Waals surface area contributed by atoms with Crippen LogP contribution in [0.15, 0.2) is 36.4 Å². The van der Waals surface area contributed by atoms with E-state index in [4.69, 9.17) is 10.00 Å². The maximum Gasteiger partial charge on any atom is 0.255 e. The Hall–Kier alpha value is -3.73. The highest BCUT2D eigenvalue weighted by Crippen LogP contribution is 2.35. The predicted molar refractivity (Wildman–Crippen MR) is 97.9 cm³/mol. The van der Waals surface area contributed by atoms with Gasteiger partial charge in [-0.1, -0.05) is 12.1 Å². The molecule has 0 aliphatic carbocycles. The van der Waals surface area contributed by atoms with Crippen LogP contribution in [0.3, 0.4) is 0 Å². The monoisotopic (exact) mass is 393 g/mol. The number of carbonyl (C=O) groups is 3. The zero-order chi connectivity index (χ0) is 20.5. The number of benzene rings is 2. The van der Waals surface area contributed by atoms with Gasteiger partial charge in [-0.2, -0.15) is 5.26 Å². The summed E-state index contributed by atoms with van der Waals surface area (Å²) >= 11 is 0. The van der Waals surface area contributed by atoms with Gasteiger partial charge in [-0.3, -0.25) is 19.7 Å². The fraction of sp³-hybridized carbons (Fsp3) is 0.238. The summed E-state index contributed by atoms with van der Waals surface area (Å²) < 4.78 is 19.9. The van der Waals surface area contributed by atoms with E-state index >= 15 is 0 Å². The average Bonchev–Trinajstić information content (AvgIpc) is 3.03. The van der Waals surface area contributed by atoms with Gasteiger partial charge in [0.15, 0.2) is 0 Å². The van der Waals surface area contributed by atoms with Crippen molar-refractivity contribution in [2.75, 3.05) is 0 Å². The van der Waals surface area contributed by atoms with Crippen LogP contribution in [-0.2, 0) is 22.7 Å². The van der Waals surface area contributed by atoms with Gasteiger partial charge in [-0.25, -0.2) is 4.39 Å². The van der Waals surface area contributed by atoms with Crippen molar-refractivity contribution in [3.63, 3.8) is 0 Å². The summed E-state index contributed by atoms with van der Waals surface area (Å²) in [4.78, 5) is 37.6. The van der Waals surface area contributed by atoms with Crippen LogP contribution in [0.5, 0.6) is 5.75 Å². The third kappa shape index (κ3) is 3.55. The first-order valence-electron chi connectivity index (χ1n) is 9.05. The van der Waals surface area contributed by atoms with Crippen molar-refractivity contribution >= 4 is 17.7 Å². The summed E-state index contributed by atoms with van der Waals surface area (Å²) in [6.45, 7) is 0.234. The molecule has 0 radical (unpaired) electrons. The van der Waals surface area contributed by atoms with Crippen molar-refractivity contribution in [2.45, 2.75) is 32.0 Å². The fourth-order valence-corrected chi connectivity index (χ4v) is 3.56. The zero-order valence-electron chi connectivity index (χ0n) is 15.3. The second kappa shape index (κ2) is 7.36. The molecule has 2 heterocycles. The zero-order valence-corrected chi connectivity index (χ0v) is 15.3. The van der Waals surface area contributed by atoms with Gasteiger partial charge >= 0.3 is 0 Å². The van der Waals surface area contributed by atoms with Crippen LogP contribution in [0.1, 0.15) is 39.9 Å². The molecule has 2 aromatic carbocycles. The van der Waals surface area contributed by atoms with Crippen LogP contribution in [0, 0.1) is 17.1 Å². The maximum atomic E-state index is 14.1. The molecule has 1 N–H and O–H groups in total. The lowest BCUT2D eigenvalue weighted by Gasteiger charge is -2.29. The minimum Gasteiger partial charge on any atom is -0.488 e. The highest BCUT2D eigenvalue weighted by Gasteiger charge is 2.40. The largest absolute Gasteiger partial charge is 0.488 e. The van der Waals surface area contributed by atoms with Crippen molar-refractivity contribution in [1.29, 1.82) is 5.26 Å². The Morgan fingerprint density at radius 3 is 2.66 bits per heavy atom. The molecule has 1 atom stereocenters. The van der Waals surface area contributed by atoms with E-state index in [0.717, 1.165) is 11.6 Å². The molecule has 3 amide bonds. The Labute approximate surface area is 165 Å². The lowest BCUT2D eigenvalue weighted by atomic mass is 10.0. The summed E-state index contributed by atoms with van der Waals surface area (Å²) in [6, 6.07) is 10.4. The minimum absolute atomic E-state index is 0.101. The molecular weight excluding hydrogens is 377 g/mol. The highest BCUT2D eigenvalue weighted by molar-refractivity contribution is 6.05. The van der Waals surface area contributed by atoms with E-state index < -0.39 is 23.7 Å². The number of nitrogens with one attached hydrogen (secondary N) is 1. The van der Waals surface area contributed by atoms with E-state index in [1.165, 1.54) is 11.0 Å². The molecule has 1 fully saturated rings. The quantitative estimate of drug-likeness (QED) is 0.802. The molecule has 0 saturated carbocycles. The molecule has 0 spiro atoms. The van der Waals surface area contributed by atoms with Gasteiger partial charge < -0.3 is 9.64 Å². The van der Waals surface area contributed by atoms with E-state index in [1.807, 2.05) is 6.07 Å². The topological polar surface area (TPSA) is 99.5 Å². The molecule has 0 aromatic heterocycles. The molecule has 4 rings (SSSR count). The summed E-state index contributed by atoms with van der Waals surface area (Å²) in [5, 5.41) is 11.1. The fourth-order valence-electron chi connectivity index (χ4n) is 3.56. The number of amides is 3. The molecule has 7 nitrogen and oxygen atoms in total. The smallest absolute Gasteiger partial charge is 0.255 e. The SMILES string of the molecule is N#Cc1ccc(COc2cc(F)cc3c2CN(C2CCC(=O)NC2=O)C3=O)cc1. The number of carbonyl (C=O) groups excluding carboxylic acids is 3. The number of fused-ring (bicyclic) bond motifs is 1. The number of nitrogens with zero attached hydrogens (tertiary/aromatic N) is 2. The van der Waals surface area contributed by atoms with E-state index in [2.05, 4.69) is 5.32 Å². The van der Waals surface area contributed by atoms with Crippen molar-refractivity contribution in [2.24, 2.45) is 0 Å². The predicted octanol–water partition coefficient (Wildman–Crippen LogP) is 2.04. The molecule has 1 saturated heterocycles. The molecule has 0 bridgehead atoms. The van der Waals surface area contributed by atoms with Crippen molar-refractivity contribution < 1.29 is 23.5 Å². The average molecular weight is 393 g/mol. The number of piperidine rings is 1. The minimum atomic E-state index is -0.776. The third-order valence-corrected chi connectivity index (χ3v) is 5.06. The lowest BCUT2D eigenvalue weighted by Crippen LogP contribution is -2.52. The number of rotatable bonds is 4. The molecule has 2 aliphatic rings. The molecule has 2 aromatic rings. The summed E-state index contributed by atoms with van der Waals surface area (Å²) in [5.74, 6) is -1.74. The maximum absolute atomic E-state index is 14.1. The Balaban J connectivity index is 1.56. The number of nitriles is 1. The van der Waals surface area contributed by atoms with E-state index in [0.29, 0.717) is 11.1 Å². The Bertz CT molecular complexity index is 1060. The molecule has 1 unspecified atom stereocenters. The first-order chi connectivity index (χ1) is 14.0. The van der Waals surface area contributed by atoms with Crippen LogP contribution in [0.25, 0.3) is 0 Å². The molecular formula is C21H16FN3O4. The highest BCUT2D eigenvalue weighted by atomic mass is 19.1. The Morgan fingerprint density at radius 1 is 1.21 bits per heavy atom. The van der Waals surface area contributed by atoms with Crippen molar-refractivity contribution in [3.05, 3.63) is 64.5 Å². The second-order valence-electron chi connectivity index (χ2n) is 6.93. The van der Waals surface area contributed by atoms with Gasteiger partial charge in [-0.15, -0.1) is 0 Å². The Kier molecular flexibility index (Phi) is 4.72. The van der Waals surface area contributed by atoms with Gasteiger partial charge in [-0.05, 0) is 30.2 Å². The van der Waals surface area contributed by atoms with Crippen LogP contribution >= 0.6 is 0 Å². The van der Waals surface area contributed by atoms with Crippen molar-refractivity contribution in [1.82, 2.24) is 10.2 Å². The van der Waals surface area contributed by atoms with Crippen molar-refractivity contribution in [3.8, 4) is 11.8 Å². The molecule has 2 aliphatic heterocycles. The number of ether oxygens (including phenoxy) is 1. The normalized spacial score (nSPS) is 18.3. The van der Waals surface area contributed by atoms with Crippen LogP contribution in [0.2, 0.25) is 0 Å². The summed E-state index contributed by atoms with van der Waals surface area (Å²) in [6.07, 6.45) is 0.376. The second-order valence-corrected chi connectivity index (χ2v) is 6.93. The molecule has 146 valence electrons.